The summed E-state index contributed by atoms with van der Waals surface area (Å²) in [5.41, 5.74) is 0.861. The lowest BCUT2D eigenvalue weighted by atomic mass is 10.3. The molecule has 1 aromatic carbocycles. The van der Waals surface area contributed by atoms with Gasteiger partial charge in [-0.05, 0) is 18.2 Å². The molecule has 2 aromatic rings. The van der Waals surface area contributed by atoms with Crippen LogP contribution in [0.2, 0.25) is 0 Å². The van der Waals surface area contributed by atoms with E-state index in [1.807, 2.05) is 0 Å². The minimum Gasteiger partial charge on any atom is -0.497 e. The number of benzene rings is 1. The summed E-state index contributed by atoms with van der Waals surface area (Å²) in [5.74, 6) is 0.770. The van der Waals surface area contributed by atoms with Gasteiger partial charge in [-0.1, -0.05) is 0 Å². The Balaban J connectivity index is 2.11. The number of H-pyrrole nitrogens is 1. The van der Waals surface area contributed by atoms with E-state index in [2.05, 4.69) is 14.9 Å². The van der Waals surface area contributed by atoms with E-state index in [0.717, 1.165) is 5.69 Å². The van der Waals surface area contributed by atoms with Crippen LogP contribution in [0.4, 0.5) is 0 Å². The monoisotopic (exact) mass is 311 g/mol. The van der Waals surface area contributed by atoms with Crippen molar-refractivity contribution in [3.63, 3.8) is 0 Å². The van der Waals surface area contributed by atoms with Crippen molar-refractivity contribution < 1.29 is 17.9 Å². The van der Waals surface area contributed by atoms with E-state index >= 15 is 0 Å². The summed E-state index contributed by atoms with van der Waals surface area (Å²) < 4.78 is 37.3. The fourth-order valence-corrected chi connectivity index (χ4v) is 3.00. The zero-order valence-corrected chi connectivity index (χ0v) is 12.6. The van der Waals surface area contributed by atoms with Crippen molar-refractivity contribution in [2.45, 2.75) is 11.3 Å². The number of methoxy groups -OCH3 is 2. The lowest BCUT2D eigenvalue weighted by Gasteiger charge is -2.11. The van der Waals surface area contributed by atoms with Crippen molar-refractivity contribution in [2.24, 2.45) is 0 Å². The van der Waals surface area contributed by atoms with Gasteiger partial charge in [-0.2, -0.15) is 5.10 Å². The molecule has 0 unspecified atom stereocenters. The van der Waals surface area contributed by atoms with Gasteiger partial charge in [0.15, 0.2) is 0 Å². The van der Waals surface area contributed by atoms with E-state index in [-0.39, 0.29) is 17.2 Å². The van der Waals surface area contributed by atoms with Crippen LogP contribution in [0.1, 0.15) is 5.69 Å². The number of ether oxygens (including phenoxy) is 2. The minimum absolute atomic E-state index is 0.0791. The van der Waals surface area contributed by atoms with E-state index in [4.69, 9.17) is 9.47 Å². The maximum absolute atomic E-state index is 12.3. The fraction of sp³-hybridized carbons (Fsp3) is 0.308. The maximum Gasteiger partial charge on any atom is 0.244 e. The third kappa shape index (κ3) is 3.73. The van der Waals surface area contributed by atoms with Gasteiger partial charge in [0, 0.05) is 30.9 Å². The van der Waals surface area contributed by atoms with Crippen molar-refractivity contribution in [1.82, 2.24) is 14.9 Å². The molecule has 1 aromatic heterocycles. The Bertz CT molecular complexity index is 683. The number of aromatic nitrogens is 2. The quantitative estimate of drug-likeness (QED) is 0.794. The fourth-order valence-electron chi connectivity index (χ4n) is 1.82. The second-order valence-corrected chi connectivity index (χ2v) is 5.98. The van der Waals surface area contributed by atoms with Crippen LogP contribution in [-0.4, -0.2) is 39.4 Å². The van der Waals surface area contributed by atoms with Crippen molar-refractivity contribution in [3.05, 3.63) is 36.2 Å². The summed E-state index contributed by atoms with van der Waals surface area (Å²) in [4.78, 5) is 0.0791. The highest BCUT2D eigenvalue weighted by atomic mass is 32.2. The Morgan fingerprint density at radius 3 is 2.67 bits per heavy atom. The van der Waals surface area contributed by atoms with Crippen molar-refractivity contribution >= 4 is 10.0 Å². The van der Waals surface area contributed by atoms with Crippen molar-refractivity contribution in [1.29, 1.82) is 0 Å². The summed E-state index contributed by atoms with van der Waals surface area (Å²) in [6, 6.07) is 6.36. The Kier molecular flexibility index (Phi) is 4.81. The van der Waals surface area contributed by atoms with Crippen LogP contribution in [0.25, 0.3) is 0 Å². The first-order valence-corrected chi connectivity index (χ1v) is 7.75. The SMILES string of the molecule is COc1ccc(S(=O)(=O)NCCc2ccn[nH]2)c(OC)c1. The molecule has 0 radical (unpaired) electrons. The molecule has 0 bridgehead atoms. The molecule has 0 spiro atoms. The molecule has 21 heavy (non-hydrogen) atoms. The van der Waals surface area contributed by atoms with Gasteiger partial charge in [0.05, 0.1) is 14.2 Å². The predicted molar refractivity (Wildman–Crippen MR) is 77.0 cm³/mol. The molecule has 0 atom stereocenters. The van der Waals surface area contributed by atoms with Crippen LogP contribution in [0.15, 0.2) is 35.4 Å². The molecular weight excluding hydrogens is 294 g/mol. The number of sulfonamides is 1. The van der Waals surface area contributed by atoms with Gasteiger partial charge >= 0.3 is 0 Å². The zero-order chi connectivity index (χ0) is 15.3. The molecule has 0 aliphatic carbocycles. The normalized spacial score (nSPS) is 11.3. The molecule has 0 aliphatic rings. The molecule has 7 nitrogen and oxygen atoms in total. The number of hydrogen-bond donors (Lipinski definition) is 2. The molecule has 2 N–H and O–H groups in total. The van der Waals surface area contributed by atoms with Crippen molar-refractivity contribution in [2.75, 3.05) is 20.8 Å². The highest BCUT2D eigenvalue weighted by Crippen LogP contribution is 2.28. The number of nitrogens with one attached hydrogen (secondary N) is 2. The number of rotatable bonds is 7. The molecule has 0 saturated heterocycles. The Hall–Kier alpha value is -2.06. The van der Waals surface area contributed by atoms with E-state index in [9.17, 15) is 8.42 Å². The van der Waals surface area contributed by atoms with Crippen molar-refractivity contribution in [3.8, 4) is 11.5 Å². The van der Waals surface area contributed by atoms with E-state index in [1.165, 1.54) is 26.4 Å². The van der Waals surface area contributed by atoms with Gasteiger partial charge in [-0.3, -0.25) is 5.10 Å². The lowest BCUT2D eigenvalue weighted by molar-refractivity contribution is 0.386. The average molecular weight is 311 g/mol. The minimum atomic E-state index is -3.65. The third-order valence-electron chi connectivity index (χ3n) is 2.91. The molecule has 8 heteroatoms. The summed E-state index contributed by atoms with van der Waals surface area (Å²) in [7, 11) is -0.725. The highest BCUT2D eigenvalue weighted by molar-refractivity contribution is 7.89. The zero-order valence-electron chi connectivity index (χ0n) is 11.8. The van der Waals surface area contributed by atoms with Crippen LogP contribution in [0.5, 0.6) is 11.5 Å². The van der Waals surface area contributed by atoms with E-state index in [0.29, 0.717) is 12.2 Å². The van der Waals surface area contributed by atoms with Gasteiger partial charge in [0.2, 0.25) is 10.0 Å². The number of hydrogen-bond acceptors (Lipinski definition) is 5. The second kappa shape index (κ2) is 6.59. The topological polar surface area (TPSA) is 93.3 Å². The number of nitrogens with zero attached hydrogens (tertiary/aromatic N) is 1. The second-order valence-electron chi connectivity index (χ2n) is 4.25. The summed E-state index contributed by atoms with van der Waals surface area (Å²) >= 11 is 0. The molecule has 114 valence electrons. The summed E-state index contributed by atoms with van der Waals surface area (Å²) in [6.07, 6.45) is 2.15. The molecule has 1 heterocycles. The lowest BCUT2D eigenvalue weighted by Crippen LogP contribution is -2.26. The van der Waals surface area contributed by atoms with Gasteiger partial charge in [-0.15, -0.1) is 0 Å². The Morgan fingerprint density at radius 2 is 2.05 bits per heavy atom. The standard InChI is InChI=1S/C13H17N3O4S/c1-19-11-3-4-13(12(9-11)20-2)21(17,18)15-8-6-10-5-7-14-16-10/h3-5,7,9,15H,6,8H2,1-2H3,(H,14,16). The summed E-state index contributed by atoms with van der Waals surface area (Å²) in [5, 5.41) is 6.58. The largest absolute Gasteiger partial charge is 0.497 e. The first kappa shape index (κ1) is 15.3. The Morgan fingerprint density at radius 1 is 1.24 bits per heavy atom. The molecule has 0 amide bonds. The molecule has 0 fully saturated rings. The molecule has 0 aliphatic heterocycles. The van der Waals surface area contributed by atoms with Crippen LogP contribution in [0.3, 0.4) is 0 Å². The van der Waals surface area contributed by atoms with Crippen LogP contribution >= 0.6 is 0 Å². The van der Waals surface area contributed by atoms with Gasteiger partial charge in [0.25, 0.3) is 0 Å². The van der Waals surface area contributed by atoms with Crippen LogP contribution in [0, 0.1) is 0 Å². The molecular formula is C13H17N3O4S. The Labute approximate surface area is 123 Å². The smallest absolute Gasteiger partial charge is 0.244 e. The van der Waals surface area contributed by atoms with Crippen LogP contribution in [-0.2, 0) is 16.4 Å². The summed E-state index contributed by atoms with van der Waals surface area (Å²) in [6.45, 7) is 0.264. The van der Waals surface area contributed by atoms with E-state index in [1.54, 1.807) is 18.3 Å². The van der Waals surface area contributed by atoms with Gasteiger partial charge < -0.3 is 9.47 Å². The first-order chi connectivity index (χ1) is 10.1. The maximum atomic E-state index is 12.3. The van der Waals surface area contributed by atoms with Gasteiger partial charge in [-0.25, -0.2) is 13.1 Å². The predicted octanol–water partition coefficient (Wildman–Crippen LogP) is 0.948. The third-order valence-corrected chi connectivity index (χ3v) is 4.41. The highest BCUT2D eigenvalue weighted by Gasteiger charge is 2.19. The van der Waals surface area contributed by atoms with E-state index < -0.39 is 10.0 Å². The molecule has 0 saturated carbocycles. The average Bonchev–Trinajstić information content (AvgIpc) is 2.99. The van der Waals surface area contributed by atoms with Crippen LogP contribution < -0.4 is 14.2 Å². The number of aromatic amines is 1. The first-order valence-electron chi connectivity index (χ1n) is 6.27. The molecule has 2 rings (SSSR count). The van der Waals surface area contributed by atoms with Gasteiger partial charge in [0.1, 0.15) is 16.4 Å².